The molecule has 2 rings (SSSR count). The second-order valence-corrected chi connectivity index (χ2v) is 5.02. The molecule has 1 nitrogen and oxygen atoms in total. The molecule has 0 aromatic heterocycles. The van der Waals surface area contributed by atoms with Crippen molar-refractivity contribution in [2.45, 2.75) is 19.9 Å². The van der Waals surface area contributed by atoms with Gasteiger partial charge in [0.05, 0.1) is 16.8 Å². The van der Waals surface area contributed by atoms with Gasteiger partial charge in [0.15, 0.2) is 0 Å². The summed E-state index contributed by atoms with van der Waals surface area (Å²) in [5.41, 5.74) is 0.732. The van der Waals surface area contributed by atoms with E-state index in [0.717, 1.165) is 12.1 Å². The molecule has 5 heteroatoms. The summed E-state index contributed by atoms with van der Waals surface area (Å²) in [7, 11) is 0. The summed E-state index contributed by atoms with van der Waals surface area (Å²) in [6.07, 6.45) is 0. The van der Waals surface area contributed by atoms with Gasteiger partial charge in [-0.3, -0.25) is 0 Å². The molecule has 0 heterocycles. The van der Waals surface area contributed by atoms with Crippen LogP contribution in [0.1, 0.15) is 24.1 Å². The van der Waals surface area contributed by atoms with Crippen molar-refractivity contribution < 1.29 is 13.2 Å². The van der Waals surface area contributed by atoms with Crippen LogP contribution in [0.3, 0.4) is 0 Å². The summed E-state index contributed by atoms with van der Waals surface area (Å²) in [5, 5.41) is 3.19. The SMILES string of the molecule is Cc1cc(F)c(C(C)Nc2cc(F)ccc2Cl)cc1F. The molecule has 0 radical (unpaired) electrons. The van der Waals surface area contributed by atoms with E-state index in [4.69, 9.17) is 11.6 Å². The minimum absolute atomic E-state index is 0.161. The van der Waals surface area contributed by atoms with E-state index in [9.17, 15) is 13.2 Å². The van der Waals surface area contributed by atoms with Crippen LogP contribution in [-0.2, 0) is 0 Å². The van der Waals surface area contributed by atoms with Crippen LogP contribution in [0.2, 0.25) is 5.02 Å². The van der Waals surface area contributed by atoms with Crippen LogP contribution in [0.4, 0.5) is 18.9 Å². The Balaban J connectivity index is 2.30. The number of anilines is 1. The van der Waals surface area contributed by atoms with E-state index >= 15 is 0 Å². The number of aryl methyl sites for hydroxylation is 1. The fourth-order valence-electron chi connectivity index (χ4n) is 1.91. The Morgan fingerprint density at radius 3 is 2.45 bits per heavy atom. The van der Waals surface area contributed by atoms with Gasteiger partial charge in [-0.15, -0.1) is 0 Å². The van der Waals surface area contributed by atoms with Gasteiger partial charge in [0.25, 0.3) is 0 Å². The van der Waals surface area contributed by atoms with Gasteiger partial charge in [0.2, 0.25) is 0 Å². The van der Waals surface area contributed by atoms with Gasteiger partial charge in [-0.1, -0.05) is 11.6 Å². The molecule has 1 unspecified atom stereocenters. The fraction of sp³-hybridized carbons (Fsp3) is 0.200. The smallest absolute Gasteiger partial charge is 0.128 e. The lowest BCUT2D eigenvalue weighted by molar-refractivity contribution is 0.571. The molecule has 0 bridgehead atoms. The molecule has 20 heavy (non-hydrogen) atoms. The summed E-state index contributed by atoms with van der Waals surface area (Å²) in [4.78, 5) is 0. The zero-order valence-corrected chi connectivity index (χ0v) is 11.7. The highest BCUT2D eigenvalue weighted by Gasteiger charge is 2.15. The van der Waals surface area contributed by atoms with E-state index in [1.54, 1.807) is 6.92 Å². The highest BCUT2D eigenvalue weighted by molar-refractivity contribution is 6.33. The number of benzene rings is 2. The van der Waals surface area contributed by atoms with E-state index in [1.165, 1.54) is 25.1 Å². The number of hydrogen-bond donors (Lipinski definition) is 1. The van der Waals surface area contributed by atoms with Gasteiger partial charge in [-0.05, 0) is 49.7 Å². The number of nitrogens with one attached hydrogen (secondary N) is 1. The van der Waals surface area contributed by atoms with E-state index < -0.39 is 23.5 Å². The molecule has 0 saturated heterocycles. The molecular weight excluding hydrogens is 287 g/mol. The van der Waals surface area contributed by atoms with E-state index in [2.05, 4.69) is 5.32 Å². The van der Waals surface area contributed by atoms with Crippen LogP contribution in [0.15, 0.2) is 30.3 Å². The highest BCUT2D eigenvalue weighted by atomic mass is 35.5. The van der Waals surface area contributed by atoms with Gasteiger partial charge >= 0.3 is 0 Å². The van der Waals surface area contributed by atoms with Gasteiger partial charge < -0.3 is 5.32 Å². The molecule has 2 aromatic rings. The first-order valence-corrected chi connectivity index (χ1v) is 6.43. The molecule has 0 saturated carbocycles. The minimum Gasteiger partial charge on any atom is -0.377 e. The summed E-state index contributed by atoms with van der Waals surface area (Å²) in [5.74, 6) is -1.46. The zero-order valence-electron chi connectivity index (χ0n) is 11.0. The van der Waals surface area contributed by atoms with Crippen molar-refractivity contribution in [2.24, 2.45) is 0 Å². The molecule has 2 aromatic carbocycles. The molecule has 1 N–H and O–H groups in total. The van der Waals surface area contributed by atoms with Crippen LogP contribution < -0.4 is 5.32 Å². The average molecular weight is 300 g/mol. The van der Waals surface area contributed by atoms with Gasteiger partial charge in [0.1, 0.15) is 17.5 Å². The highest BCUT2D eigenvalue weighted by Crippen LogP contribution is 2.28. The van der Waals surface area contributed by atoms with Gasteiger partial charge in [0, 0.05) is 5.56 Å². The van der Waals surface area contributed by atoms with E-state index in [0.29, 0.717) is 10.7 Å². The summed E-state index contributed by atoms with van der Waals surface area (Å²) >= 11 is 5.93. The molecule has 0 aliphatic carbocycles. The van der Waals surface area contributed by atoms with Gasteiger partial charge in [-0.2, -0.15) is 0 Å². The van der Waals surface area contributed by atoms with Crippen LogP contribution in [0.5, 0.6) is 0 Å². The molecular formula is C15H13ClF3N. The maximum atomic E-state index is 13.8. The Hall–Kier alpha value is -1.68. The largest absolute Gasteiger partial charge is 0.377 e. The van der Waals surface area contributed by atoms with E-state index in [1.807, 2.05) is 0 Å². The van der Waals surface area contributed by atoms with Crippen molar-refractivity contribution in [2.75, 3.05) is 5.32 Å². The predicted octanol–water partition coefficient (Wildman–Crippen LogP) is 5.24. The van der Waals surface area contributed by atoms with Crippen LogP contribution >= 0.6 is 11.6 Å². The monoisotopic (exact) mass is 299 g/mol. The molecule has 0 spiro atoms. The first kappa shape index (κ1) is 14.7. The van der Waals surface area contributed by atoms with Crippen molar-refractivity contribution in [3.8, 4) is 0 Å². The lowest BCUT2D eigenvalue weighted by Gasteiger charge is -2.18. The Morgan fingerprint density at radius 1 is 1.05 bits per heavy atom. The third kappa shape index (κ3) is 3.07. The average Bonchev–Trinajstić information content (AvgIpc) is 2.38. The minimum atomic E-state index is -0.551. The van der Waals surface area contributed by atoms with Crippen molar-refractivity contribution in [3.05, 3.63) is 63.9 Å². The van der Waals surface area contributed by atoms with Crippen molar-refractivity contribution in [3.63, 3.8) is 0 Å². The molecule has 106 valence electrons. The predicted molar refractivity (Wildman–Crippen MR) is 74.5 cm³/mol. The van der Waals surface area contributed by atoms with Crippen molar-refractivity contribution in [1.29, 1.82) is 0 Å². The Bertz CT molecular complexity index is 643. The van der Waals surface area contributed by atoms with Gasteiger partial charge in [-0.25, -0.2) is 13.2 Å². The molecule has 0 amide bonds. The molecule has 1 atom stereocenters. The van der Waals surface area contributed by atoms with Crippen LogP contribution in [-0.4, -0.2) is 0 Å². The molecule has 0 aliphatic rings. The Labute approximate surface area is 120 Å². The van der Waals surface area contributed by atoms with Crippen LogP contribution in [0, 0.1) is 24.4 Å². The van der Waals surface area contributed by atoms with Crippen molar-refractivity contribution >= 4 is 17.3 Å². The Morgan fingerprint density at radius 2 is 1.75 bits per heavy atom. The third-order valence-corrected chi connectivity index (χ3v) is 3.37. The summed E-state index contributed by atoms with van der Waals surface area (Å²) < 4.78 is 40.5. The second kappa shape index (κ2) is 5.75. The van der Waals surface area contributed by atoms with E-state index in [-0.39, 0.29) is 11.1 Å². The fourth-order valence-corrected chi connectivity index (χ4v) is 2.08. The topological polar surface area (TPSA) is 12.0 Å². The molecule has 0 fully saturated rings. The summed E-state index contributed by atoms with van der Waals surface area (Å²) in [6.45, 7) is 3.14. The number of rotatable bonds is 3. The maximum Gasteiger partial charge on any atom is 0.128 e. The Kier molecular flexibility index (Phi) is 4.23. The quantitative estimate of drug-likeness (QED) is 0.817. The van der Waals surface area contributed by atoms with Crippen LogP contribution in [0.25, 0.3) is 0 Å². The van der Waals surface area contributed by atoms with Crippen molar-refractivity contribution in [1.82, 2.24) is 0 Å². The first-order chi connectivity index (χ1) is 9.38. The molecule has 0 aliphatic heterocycles. The summed E-state index contributed by atoms with van der Waals surface area (Å²) in [6, 6.07) is 5.55. The standard InChI is InChI=1S/C15H13ClF3N/c1-8-5-14(19)11(7-13(8)18)9(2)20-15-6-10(17)3-4-12(15)16/h3-7,9,20H,1-2H3. The lowest BCUT2D eigenvalue weighted by Crippen LogP contribution is -2.10. The second-order valence-electron chi connectivity index (χ2n) is 4.61. The number of hydrogen-bond acceptors (Lipinski definition) is 1. The lowest BCUT2D eigenvalue weighted by atomic mass is 10.0. The normalized spacial score (nSPS) is 12.3. The number of halogens is 4. The third-order valence-electron chi connectivity index (χ3n) is 3.04. The maximum absolute atomic E-state index is 13.8. The zero-order chi connectivity index (χ0) is 14.9. The first-order valence-electron chi connectivity index (χ1n) is 6.05.